The number of H-pyrrole nitrogens is 1. The number of halogens is 1. The number of rotatable bonds is 3. The Bertz CT molecular complexity index is 866. The summed E-state index contributed by atoms with van der Waals surface area (Å²) < 4.78 is 22.0. The summed E-state index contributed by atoms with van der Waals surface area (Å²) in [6, 6.07) is 1.74. The maximum absolute atomic E-state index is 14.7. The number of ether oxygens (including phenoxy) is 1. The molecular formula is C14H16FN7O2. The Morgan fingerprint density at radius 2 is 2.33 bits per heavy atom. The van der Waals surface area contributed by atoms with E-state index in [4.69, 9.17) is 10.5 Å². The van der Waals surface area contributed by atoms with E-state index in [1.165, 1.54) is 17.0 Å². The minimum atomic E-state index is -1.27. The van der Waals surface area contributed by atoms with Gasteiger partial charge in [0, 0.05) is 11.5 Å². The lowest BCUT2D eigenvalue weighted by Gasteiger charge is -2.13. The second kappa shape index (κ2) is 5.49. The quantitative estimate of drug-likeness (QED) is 0.637. The van der Waals surface area contributed by atoms with Crippen molar-refractivity contribution in [2.75, 3.05) is 12.3 Å². The molecule has 0 amide bonds. The van der Waals surface area contributed by atoms with Crippen LogP contribution in [0.15, 0.2) is 18.6 Å². The fourth-order valence-electron chi connectivity index (χ4n) is 3.14. The van der Waals surface area contributed by atoms with Gasteiger partial charge in [-0.05, 0) is 6.07 Å². The highest BCUT2D eigenvalue weighted by Gasteiger charge is 2.44. The summed E-state index contributed by atoms with van der Waals surface area (Å²) in [5, 5.41) is 23.8. The lowest BCUT2D eigenvalue weighted by atomic mass is 9.98. The highest BCUT2D eigenvalue weighted by molar-refractivity contribution is 5.86. The van der Waals surface area contributed by atoms with E-state index in [9.17, 15) is 9.50 Å². The van der Waals surface area contributed by atoms with Crippen molar-refractivity contribution in [3.63, 3.8) is 0 Å². The molecule has 4 atom stereocenters. The molecule has 24 heavy (non-hydrogen) atoms. The molecule has 3 aromatic heterocycles. The molecule has 4 heterocycles. The van der Waals surface area contributed by atoms with E-state index in [0.717, 1.165) is 0 Å². The SMILES string of the molecule is C[C@H]1[C@@H](F)[C@H](c2cc(-c3cnn[nH]3)c3c(N)ncnn23)O[C@@H]1CO. The number of nitrogens with two attached hydrogens (primary N) is 1. The predicted molar refractivity (Wildman–Crippen MR) is 81.5 cm³/mol. The van der Waals surface area contributed by atoms with E-state index in [1.807, 2.05) is 0 Å². The van der Waals surface area contributed by atoms with Crippen molar-refractivity contribution < 1.29 is 14.2 Å². The average Bonchev–Trinajstić information content (AvgIpc) is 3.28. The number of aromatic amines is 1. The minimum Gasteiger partial charge on any atom is -0.394 e. The van der Waals surface area contributed by atoms with Crippen LogP contribution in [-0.4, -0.2) is 54.0 Å². The molecule has 4 N–H and O–H groups in total. The topological polar surface area (TPSA) is 127 Å². The fourth-order valence-corrected chi connectivity index (χ4v) is 3.14. The number of nitrogens with one attached hydrogen (secondary N) is 1. The Morgan fingerprint density at radius 1 is 1.50 bits per heavy atom. The van der Waals surface area contributed by atoms with Crippen LogP contribution in [-0.2, 0) is 4.74 Å². The van der Waals surface area contributed by atoms with Crippen molar-refractivity contribution in [3.8, 4) is 11.3 Å². The van der Waals surface area contributed by atoms with Gasteiger partial charge >= 0.3 is 0 Å². The standard InChI is InChI=1S/C14H16FN7O2/c1-6-10(4-23)24-13(11(6)15)9-2-7(8-3-18-21-20-8)12-14(16)17-5-19-22(9)12/h2-3,5-6,10-11,13,23H,4H2,1H3,(H2,16,17,19)(H,18,20,21)/t6-,10-,11-,13+/m1/s1. The molecule has 0 aromatic carbocycles. The van der Waals surface area contributed by atoms with Crippen LogP contribution in [0.4, 0.5) is 10.2 Å². The van der Waals surface area contributed by atoms with E-state index in [0.29, 0.717) is 22.5 Å². The first-order valence-electron chi connectivity index (χ1n) is 7.50. The Labute approximate surface area is 135 Å². The number of nitrogens with zero attached hydrogens (tertiary/aromatic N) is 5. The van der Waals surface area contributed by atoms with Gasteiger partial charge in [0.05, 0.1) is 30.3 Å². The number of anilines is 1. The van der Waals surface area contributed by atoms with Gasteiger partial charge < -0.3 is 15.6 Å². The van der Waals surface area contributed by atoms with Crippen molar-refractivity contribution in [2.24, 2.45) is 5.92 Å². The van der Waals surface area contributed by atoms with Crippen molar-refractivity contribution >= 4 is 11.3 Å². The van der Waals surface area contributed by atoms with Gasteiger partial charge in [-0.2, -0.15) is 5.10 Å². The van der Waals surface area contributed by atoms with Gasteiger partial charge in [-0.1, -0.05) is 12.1 Å². The summed E-state index contributed by atoms with van der Waals surface area (Å²) in [5.41, 5.74) is 8.28. The summed E-state index contributed by atoms with van der Waals surface area (Å²) in [7, 11) is 0. The predicted octanol–water partition coefficient (Wildman–Crippen LogP) is 0.503. The molecule has 0 saturated carbocycles. The van der Waals surface area contributed by atoms with Gasteiger partial charge in [0.2, 0.25) is 0 Å². The lowest BCUT2D eigenvalue weighted by molar-refractivity contribution is -0.00711. The molecule has 126 valence electrons. The van der Waals surface area contributed by atoms with Gasteiger partial charge in [-0.25, -0.2) is 13.9 Å². The molecule has 0 spiro atoms. The van der Waals surface area contributed by atoms with Crippen molar-refractivity contribution in [3.05, 3.63) is 24.3 Å². The van der Waals surface area contributed by atoms with E-state index >= 15 is 0 Å². The molecule has 1 aliphatic heterocycles. The fraction of sp³-hybridized carbons (Fsp3) is 0.429. The van der Waals surface area contributed by atoms with Gasteiger partial charge in [0.15, 0.2) is 5.82 Å². The van der Waals surface area contributed by atoms with Crippen molar-refractivity contribution in [1.82, 2.24) is 30.0 Å². The number of fused-ring (bicyclic) bond motifs is 1. The molecule has 0 aliphatic carbocycles. The third kappa shape index (κ3) is 2.07. The monoisotopic (exact) mass is 333 g/mol. The second-order valence-corrected chi connectivity index (χ2v) is 5.84. The number of aliphatic hydroxyl groups is 1. The third-order valence-corrected chi connectivity index (χ3v) is 4.49. The first kappa shape index (κ1) is 15.0. The van der Waals surface area contributed by atoms with Crippen LogP contribution < -0.4 is 5.73 Å². The largest absolute Gasteiger partial charge is 0.394 e. The first-order valence-corrected chi connectivity index (χ1v) is 7.50. The van der Waals surface area contributed by atoms with Gasteiger partial charge in [0.25, 0.3) is 0 Å². The first-order chi connectivity index (χ1) is 11.6. The zero-order valence-electron chi connectivity index (χ0n) is 12.8. The Morgan fingerprint density at radius 3 is 3.00 bits per heavy atom. The summed E-state index contributed by atoms with van der Waals surface area (Å²) in [5.74, 6) is -0.178. The van der Waals surface area contributed by atoms with Crippen molar-refractivity contribution in [2.45, 2.75) is 25.3 Å². The number of aromatic nitrogens is 6. The molecule has 0 unspecified atom stereocenters. The van der Waals surface area contributed by atoms with E-state index < -0.39 is 24.3 Å². The van der Waals surface area contributed by atoms with Gasteiger partial charge in [0.1, 0.15) is 24.1 Å². The van der Waals surface area contributed by atoms with Crippen LogP contribution in [0.5, 0.6) is 0 Å². The number of aliphatic hydroxyl groups excluding tert-OH is 1. The second-order valence-electron chi connectivity index (χ2n) is 5.84. The third-order valence-electron chi connectivity index (χ3n) is 4.49. The van der Waals surface area contributed by atoms with Crippen LogP contribution in [0, 0.1) is 5.92 Å². The normalized spacial score (nSPS) is 27.1. The summed E-state index contributed by atoms with van der Waals surface area (Å²) in [6.45, 7) is 1.47. The molecule has 1 aliphatic rings. The zero-order valence-corrected chi connectivity index (χ0v) is 12.8. The van der Waals surface area contributed by atoms with Crippen LogP contribution in [0.3, 0.4) is 0 Å². The Balaban J connectivity index is 1.90. The molecule has 1 saturated heterocycles. The van der Waals surface area contributed by atoms with Crippen molar-refractivity contribution in [1.29, 1.82) is 0 Å². The Hall–Kier alpha value is -2.59. The molecule has 9 nitrogen and oxygen atoms in total. The highest BCUT2D eigenvalue weighted by Crippen LogP contribution is 2.41. The lowest BCUT2D eigenvalue weighted by Crippen LogP contribution is -2.21. The number of hydrogen-bond donors (Lipinski definition) is 3. The maximum Gasteiger partial charge on any atom is 0.152 e. The van der Waals surface area contributed by atoms with E-state index in [1.54, 1.807) is 13.0 Å². The van der Waals surface area contributed by atoms with Crippen LogP contribution in [0.25, 0.3) is 16.8 Å². The summed E-state index contributed by atoms with van der Waals surface area (Å²) in [4.78, 5) is 4.00. The molecule has 10 heteroatoms. The van der Waals surface area contributed by atoms with Crippen LogP contribution in [0.2, 0.25) is 0 Å². The smallest absolute Gasteiger partial charge is 0.152 e. The van der Waals surface area contributed by atoms with E-state index in [-0.39, 0.29) is 12.4 Å². The zero-order chi connectivity index (χ0) is 16.8. The van der Waals surface area contributed by atoms with Gasteiger partial charge in [-0.3, -0.25) is 5.10 Å². The Kier molecular flexibility index (Phi) is 3.43. The number of hydrogen-bond acceptors (Lipinski definition) is 7. The maximum atomic E-state index is 14.7. The molecule has 0 radical (unpaired) electrons. The summed E-state index contributed by atoms with van der Waals surface area (Å²) >= 11 is 0. The number of nitrogen functional groups attached to an aromatic ring is 1. The molecule has 3 aromatic rings. The number of alkyl halides is 1. The van der Waals surface area contributed by atoms with Crippen LogP contribution >= 0.6 is 0 Å². The molecule has 0 bridgehead atoms. The highest BCUT2D eigenvalue weighted by atomic mass is 19.1. The minimum absolute atomic E-state index is 0.240. The van der Waals surface area contributed by atoms with E-state index in [2.05, 4.69) is 25.5 Å². The summed E-state index contributed by atoms with van der Waals surface area (Å²) in [6.07, 6.45) is 0.142. The molecule has 1 fully saturated rings. The molecule has 4 rings (SSSR count). The average molecular weight is 333 g/mol. The molecular weight excluding hydrogens is 317 g/mol. The van der Waals surface area contributed by atoms with Gasteiger partial charge in [-0.15, -0.1) is 5.10 Å². The van der Waals surface area contributed by atoms with Crippen LogP contribution in [0.1, 0.15) is 18.7 Å².